The minimum absolute atomic E-state index is 0.169. The maximum atomic E-state index is 12.5. The Morgan fingerprint density at radius 1 is 1.12 bits per heavy atom. The normalized spacial score (nSPS) is 11.5. The van der Waals surface area contributed by atoms with Gasteiger partial charge in [-0.05, 0) is 36.8 Å². The summed E-state index contributed by atoms with van der Waals surface area (Å²) in [6.45, 7) is 1.82. The molecule has 0 unspecified atom stereocenters. The summed E-state index contributed by atoms with van der Waals surface area (Å²) >= 11 is 12.0. The van der Waals surface area contributed by atoms with Gasteiger partial charge in [0.25, 0.3) is 5.91 Å². The predicted molar refractivity (Wildman–Crippen MR) is 97.6 cm³/mol. The molecule has 0 aliphatic rings. The van der Waals surface area contributed by atoms with Gasteiger partial charge in [-0.1, -0.05) is 42.3 Å². The molecule has 1 amide bonds. The molecule has 0 saturated carbocycles. The number of ether oxygens (including phenoxy) is 2. The minimum Gasteiger partial charge on any atom is -0.479 e. The van der Waals surface area contributed by atoms with Crippen molar-refractivity contribution in [1.82, 2.24) is 0 Å². The van der Waals surface area contributed by atoms with Crippen LogP contribution in [0.4, 0.5) is 5.69 Å². The Labute approximate surface area is 155 Å². The van der Waals surface area contributed by atoms with Gasteiger partial charge < -0.3 is 14.8 Å². The topological polar surface area (TPSA) is 64.6 Å². The van der Waals surface area contributed by atoms with Crippen molar-refractivity contribution in [2.75, 3.05) is 12.4 Å². The Kier molecular flexibility index (Phi) is 6.67. The van der Waals surface area contributed by atoms with Gasteiger partial charge in [0.05, 0.1) is 22.7 Å². The third-order valence-corrected chi connectivity index (χ3v) is 4.05. The van der Waals surface area contributed by atoms with Crippen molar-refractivity contribution in [3.8, 4) is 5.75 Å². The first-order valence-corrected chi connectivity index (χ1v) is 8.31. The summed E-state index contributed by atoms with van der Waals surface area (Å²) in [6, 6.07) is 11.5. The first-order chi connectivity index (χ1) is 12.0. The third-order valence-electron chi connectivity index (χ3n) is 3.41. The van der Waals surface area contributed by atoms with Crippen LogP contribution >= 0.6 is 23.2 Å². The van der Waals surface area contributed by atoms with E-state index in [1.807, 2.05) is 6.92 Å². The fourth-order valence-electron chi connectivity index (χ4n) is 2.11. The predicted octanol–water partition coefficient (Wildman–Crippen LogP) is 4.58. The zero-order valence-electron chi connectivity index (χ0n) is 13.7. The van der Waals surface area contributed by atoms with Crippen molar-refractivity contribution in [3.05, 3.63) is 58.1 Å². The second kappa shape index (κ2) is 8.74. The summed E-state index contributed by atoms with van der Waals surface area (Å²) in [5.74, 6) is -0.515. The van der Waals surface area contributed by atoms with Crippen LogP contribution in [0.25, 0.3) is 0 Å². The highest BCUT2D eigenvalue weighted by Gasteiger charge is 2.20. The number of halogens is 2. The fraction of sp³-hybridized carbons (Fsp3) is 0.222. The molecule has 1 N–H and O–H groups in total. The maximum Gasteiger partial charge on any atom is 0.339 e. The van der Waals surface area contributed by atoms with Crippen LogP contribution in [0, 0.1) is 0 Å². The van der Waals surface area contributed by atoms with Crippen LogP contribution < -0.4 is 10.1 Å². The van der Waals surface area contributed by atoms with Crippen molar-refractivity contribution in [2.45, 2.75) is 19.4 Å². The number of benzene rings is 2. The number of rotatable bonds is 6. The zero-order chi connectivity index (χ0) is 18.4. The molecule has 2 aromatic rings. The number of para-hydroxylation sites is 1. The van der Waals surface area contributed by atoms with E-state index < -0.39 is 12.1 Å². The number of hydrogen-bond acceptors (Lipinski definition) is 4. The molecule has 2 aromatic carbocycles. The van der Waals surface area contributed by atoms with E-state index in [4.69, 9.17) is 27.9 Å². The van der Waals surface area contributed by atoms with Crippen LogP contribution in [0.3, 0.4) is 0 Å². The highest BCUT2D eigenvalue weighted by molar-refractivity contribution is 6.33. The van der Waals surface area contributed by atoms with Crippen LogP contribution in [0.5, 0.6) is 5.75 Å². The Morgan fingerprint density at radius 2 is 1.84 bits per heavy atom. The van der Waals surface area contributed by atoms with Crippen LogP contribution in [0.15, 0.2) is 42.5 Å². The number of esters is 1. The summed E-state index contributed by atoms with van der Waals surface area (Å²) in [5.41, 5.74) is 0.582. The van der Waals surface area contributed by atoms with Gasteiger partial charge in [0.2, 0.25) is 0 Å². The molecule has 5 nitrogen and oxygen atoms in total. The molecule has 132 valence electrons. The molecule has 0 aliphatic carbocycles. The molecule has 25 heavy (non-hydrogen) atoms. The van der Waals surface area contributed by atoms with Crippen molar-refractivity contribution in [3.63, 3.8) is 0 Å². The van der Waals surface area contributed by atoms with Crippen molar-refractivity contribution < 1.29 is 19.1 Å². The quantitative estimate of drug-likeness (QED) is 0.743. The molecule has 0 aromatic heterocycles. The highest BCUT2D eigenvalue weighted by Crippen LogP contribution is 2.26. The molecular weight excluding hydrogens is 365 g/mol. The summed E-state index contributed by atoms with van der Waals surface area (Å²) in [6.07, 6.45) is -0.300. The third kappa shape index (κ3) is 4.87. The van der Waals surface area contributed by atoms with Gasteiger partial charge in [0.1, 0.15) is 5.75 Å². The first-order valence-electron chi connectivity index (χ1n) is 7.56. The minimum atomic E-state index is -0.739. The van der Waals surface area contributed by atoms with Gasteiger partial charge in [-0.3, -0.25) is 4.79 Å². The maximum absolute atomic E-state index is 12.5. The SMILES string of the molecule is CC[C@@H](Oc1ccccc1Cl)C(=O)Nc1ccc(Cl)c(C(=O)OC)c1. The van der Waals surface area contributed by atoms with E-state index in [2.05, 4.69) is 10.1 Å². The monoisotopic (exact) mass is 381 g/mol. The number of nitrogens with one attached hydrogen (secondary N) is 1. The molecule has 0 aliphatic heterocycles. The number of carbonyl (C=O) groups is 2. The number of hydrogen-bond donors (Lipinski definition) is 1. The summed E-state index contributed by atoms with van der Waals surface area (Å²) in [5, 5.41) is 3.37. The Morgan fingerprint density at radius 3 is 2.48 bits per heavy atom. The highest BCUT2D eigenvalue weighted by atomic mass is 35.5. The molecule has 0 spiro atoms. The van der Waals surface area contributed by atoms with Crippen LogP contribution in [0.2, 0.25) is 10.0 Å². The molecule has 1 atom stereocenters. The number of amides is 1. The summed E-state index contributed by atoms with van der Waals surface area (Å²) in [7, 11) is 1.26. The largest absolute Gasteiger partial charge is 0.479 e. The van der Waals surface area contributed by atoms with Gasteiger partial charge in [0, 0.05) is 5.69 Å². The molecule has 0 heterocycles. The standard InChI is InChI=1S/C18H17Cl2NO4/c1-3-15(25-16-7-5-4-6-14(16)20)17(22)21-11-8-9-13(19)12(10-11)18(23)24-2/h4-10,15H,3H2,1-2H3,(H,21,22)/t15-/m1/s1. The van der Waals surface area contributed by atoms with E-state index in [0.717, 1.165) is 0 Å². The van der Waals surface area contributed by atoms with Gasteiger partial charge in [0.15, 0.2) is 6.10 Å². The molecule has 0 saturated heterocycles. The van der Waals surface area contributed by atoms with E-state index in [-0.39, 0.29) is 16.5 Å². The fourth-order valence-corrected chi connectivity index (χ4v) is 2.48. The van der Waals surface area contributed by atoms with Crippen LogP contribution in [-0.4, -0.2) is 25.1 Å². The lowest BCUT2D eigenvalue weighted by Crippen LogP contribution is -2.32. The molecule has 2 rings (SSSR count). The lowest BCUT2D eigenvalue weighted by molar-refractivity contribution is -0.122. The van der Waals surface area contributed by atoms with Crippen molar-refractivity contribution in [2.24, 2.45) is 0 Å². The van der Waals surface area contributed by atoms with Gasteiger partial charge in [-0.25, -0.2) is 4.79 Å². The first kappa shape index (κ1) is 19.1. The molecule has 0 radical (unpaired) electrons. The Hall–Kier alpha value is -2.24. The molecule has 7 heteroatoms. The molecular formula is C18H17Cl2NO4. The van der Waals surface area contributed by atoms with Gasteiger partial charge in [-0.15, -0.1) is 0 Å². The number of carbonyl (C=O) groups excluding carboxylic acids is 2. The number of methoxy groups -OCH3 is 1. The Balaban J connectivity index is 2.14. The van der Waals surface area contributed by atoms with Crippen LogP contribution in [0.1, 0.15) is 23.7 Å². The second-order valence-corrected chi connectivity index (χ2v) is 5.94. The molecule has 0 bridgehead atoms. The van der Waals surface area contributed by atoms with Crippen molar-refractivity contribution in [1.29, 1.82) is 0 Å². The average Bonchev–Trinajstić information content (AvgIpc) is 2.61. The Bertz CT molecular complexity index is 779. The molecule has 0 fully saturated rings. The number of anilines is 1. The van der Waals surface area contributed by atoms with E-state index in [9.17, 15) is 9.59 Å². The summed E-state index contributed by atoms with van der Waals surface area (Å²) < 4.78 is 10.4. The van der Waals surface area contributed by atoms with E-state index >= 15 is 0 Å². The van der Waals surface area contributed by atoms with Gasteiger partial charge >= 0.3 is 5.97 Å². The zero-order valence-corrected chi connectivity index (χ0v) is 15.2. The lowest BCUT2D eigenvalue weighted by atomic mass is 10.2. The smallest absolute Gasteiger partial charge is 0.339 e. The van der Waals surface area contributed by atoms with E-state index in [0.29, 0.717) is 22.9 Å². The average molecular weight is 382 g/mol. The van der Waals surface area contributed by atoms with E-state index in [1.165, 1.54) is 19.2 Å². The van der Waals surface area contributed by atoms with Gasteiger partial charge in [-0.2, -0.15) is 0 Å². The van der Waals surface area contributed by atoms with Crippen LogP contribution in [-0.2, 0) is 9.53 Å². The lowest BCUT2D eigenvalue weighted by Gasteiger charge is -2.18. The van der Waals surface area contributed by atoms with Crippen molar-refractivity contribution >= 4 is 40.8 Å². The summed E-state index contributed by atoms with van der Waals surface area (Å²) in [4.78, 5) is 24.1. The second-order valence-electron chi connectivity index (χ2n) is 5.12. The van der Waals surface area contributed by atoms with E-state index in [1.54, 1.807) is 30.3 Å².